The Morgan fingerprint density at radius 2 is 1.59 bits per heavy atom. The van der Waals surface area contributed by atoms with Crippen molar-refractivity contribution in [3.8, 4) is 0 Å². The number of rotatable bonds is 3. The third-order valence-corrected chi connectivity index (χ3v) is 1.79. The molecule has 2 N–H and O–H groups in total. The van der Waals surface area contributed by atoms with Crippen LogP contribution < -0.4 is 15.5 Å². The summed E-state index contributed by atoms with van der Waals surface area (Å²) in [5, 5.41) is 0. The Hall–Kier alpha value is -1.80. The smallest absolute Gasteiger partial charge is 0.368 e. The quantitative estimate of drug-likeness (QED) is 0.843. The molecule has 0 aromatic carbocycles. The molecule has 0 atom stereocenters. The van der Waals surface area contributed by atoms with E-state index >= 15 is 0 Å². The molecule has 17 heavy (non-hydrogen) atoms. The molecule has 6 nitrogen and oxygen atoms in total. The fraction of sp³-hybridized carbons (Fsp3) is 0.625. The maximum absolute atomic E-state index is 12.2. The number of hydrogen-bond acceptors (Lipinski definition) is 6. The number of nitrogen functional groups attached to an aromatic ring is 1. The number of alkyl halides is 3. The molecule has 96 valence electrons. The molecular weight excluding hydrogens is 237 g/mol. The first kappa shape index (κ1) is 13.3. The van der Waals surface area contributed by atoms with Crippen LogP contribution in [-0.2, 0) is 0 Å². The van der Waals surface area contributed by atoms with E-state index in [4.69, 9.17) is 5.73 Å². The molecule has 0 aliphatic heterocycles. The zero-order valence-corrected chi connectivity index (χ0v) is 9.65. The lowest BCUT2D eigenvalue weighted by molar-refractivity contribution is -0.119. The molecule has 1 aromatic heterocycles. The predicted molar refractivity (Wildman–Crippen MR) is 57.9 cm³/mol. The Balaban J connectivity index is 2.97. The summed E-state index contributed by atoms with van der Waals surface area (Å²) < 4.78 is 36.6. The topological polar surface area (TPSA) is 71.2 Å². The molecule has 0 fully saturated rings. The van der Waals surface area contributed by atoms with Gasteiger partial charge in [0.1, 0.15) is 6.54 Å². The van der Waals surface area contributed by atoms with Gasteiger partial charge in [0, 0.05) is 21.1 Å². The third-order valence-electron chi connectivity index (χ3n) is 1.79. The lowest BCUT2D eigenvalue weighted by Crippen LogP contribution is -2.32. The first-order valence-corrected chi connectivity index (χ1v) is 4.66. The fourth-order valence-corrected chi connectivity index (χ4v) is 1.08. The van der Waals surface area contributed by atoms with Gasteiger partial charge in [0.2, 0.25) is 17.8 Å². The molecule has 0 spiro atoms. The van der Waals surface area contributed by atoms with E-state index in [0.717, 1.165) is 4.90 Å². The minimum Gasteiger partial charge on any atom is -0.368 e. The molecule has 0 aliphatic rings. The van der Waals surface area contributed by atoms with Crippen molar-refractivity contribution in [1.82, 2.24) is 15.0 Å². The van der Waals surface area contributed by atoms with Crippen LogP contribution in [0.4, 0.5) is 31.0 Å². The molecule has 0 bridgehead atoms. The Labute approximate surface area is 96.3 Å². The summed E-state index contributed by atoms with van der Waals surface area (Å²) in [6, 6.07) is 0. The lowest BCUT2D eigenvalue weighted by atomic mass is 10.5. The van der Waals surface area contributed by atoms with Gasteiger partial charge in [-0.1, -0.05) is 0 Å². The lowest BCUT2D eigenvalue weighted by Gasteiger charge is -2.20. The van der Waals surface area contributed by atoms with Gasteiger partial charge in [-0.25, -0.2) is 0 Å². The van der Waals surface area contributed by atoms with Gasteiger partial charge >= 0.3 is 6.18 Å². The van der Waals surface area contributed by atoms with Crippen LogP contribution in [0.5, 0.6) is 0 Å². The third kappa shape index (κ3) is 3.93. The van der Waals surface area contributed by atoms with E-state index in [9.17, 15) is 13.2 Å². The summed E-state index contributed by atoms with van der Waals surface area (Å²) in [5.41, 5.74) is 5.40. The number of halogens is 3. The largest absolute Gasteiger partial charge is 0.406 e. The fourth-order valence-electron chi connectivity index (χ4n) is 1.08. The highest BCUT2D eigenvalue weighted by atomic mass is 19.4. The van der Waals surface area contributed by atoms with Crippen LogP contribution in [0.1, 0.15) is 0 Å². The first-order chi connectivity index (χ1) is 7.69. The van der Waals surface area contributed by atoms with E-state index < -0.39 is 12.7 Å². The van der Waals surface area contributed by atoms with Crippen LogP contribution in [0, 0.1) is 0 Å². The molecule has 1 aromatic rings. The number of hydrogen-bond donors (Lipinski definition) is 1. The maximum Gasteiger partial charge on any atom is 0.406 e. The molecule has 0 unspecified atom stereocenters. The molecule has 1 heterocycles. The van der Waals surface area contributed by atoms with Crippen LogP contribution in [-0.4, -0.2) is 48.8 Å². The van der Waals surface area contributed by atoms with Crippen molar-refractivity contribution in [2.75, 3.05) is 43.2 Å². The van der Waals surface area contributed by atoms with Crippen molar-refractivity contribution in [3.63, 3.8) is 0 Å². The van der Waals surface area contributed by atoms with E-state index in [1.807, 2.05) is 0 Å². The van der Waals surface area contributed by atoms with E-state index in [1.54, 1.807) is 14.1 Å². The average Bonchev–Trinajstić information content (AvgIpc) is 2.13. The zero-order valence-electron chi connectivity index (χ0n) is 9.65. The van der Waals surface area contributed by atoms with E-state index in [-0.39, 0.29) is 17.8 Å². The van der Waals surface area contributed by atoms with Crippen molar-refractivity contribution in [3.05, 3.63) is 0 Å². The molecule has 0 amide bonds. The molecule has 0 saturated carbocycles. The molecule has 1 rings (SSSR count). The van der Waals surface area contributed by atoms with Gasteiger partial charge < -0.3 is 15.5 Å². The van der Waals surface area contributed by atoms with Crippen LogP contribution >= 0.6 is 0 Å². The average molecular weight is 250 g/mol. The van der Waals surface area contributed by atoms with Crippen LogP contribution in [0.3, 0.4) is 0 Å². The SMILES string of the molecule is CN(C)c1nc(N)nc(N(C)CC(F)(F)F)n1. The number of nitrogens with two attached hydrogens (primary N) is 1. The van der Waals surface area contributed by atoms with Crippen molar-refractivity contribution in [2.24, 2.45) is 0 Å². The normalized spacial score (nSPS) is 11.4. The van der Waals surface area contributed by atoms with E-state index in [2.05, 4.69) is 15.0 Å². The van der Waals surface area contributed by atoms with Crippen molar-refractivity contribution < 1.29 is 13.2 Å². The van der Waals surface area contributed by atoms with Gasteiger partial charge in [0.15, 0.2) is 0 Å². The second kappa shape index (κ2) is 4.60. The van der Waals surface area contributed by atoms with Gasteiger partial charge in [-0.15, -0.1) is 0 Å². The summed E-state index contributed by atoms with van der Waals surface area (Å²) >= 11 is 0. The molecule has 0 aliphatic carbocycles. The summed E-state index contributed by atoms with van der Waals surface area (Å²) in [6.07, 6.45) is -4.32. The molecule has 0 radical (unpaired) electrons. The maximum atomic E-state index is 12.2. The summed E-state index contributed by atoms with van der Waals surface area (Å²) in [4.78, 5) is 13.7. The standard InChI is InChI=1S/C8H13F3N6/c1-16(2)6-13-5(12)14-7(15-6)17(3)4-8(9,10)11/h4H2,1-3H3,(H2,12,13,14,15). The van der Waals surface area contributed by atoms with Gasteiger partial charge in [-0.3, -0.25) is 0 Å². The Morgan fingerprint density at radius 1 is 1.06 bits per heavy atom. The van der Waals surface area contributed by atoms with Crippen molar-refractivity contribution in [2.45, 2.75) is 6.18 Å². The Morgan fingerprint density at radius 3 is 2.06 bits per heavy atom. The number of aromatic nitrogens is 3. The molecule has 0 saturated heterocycles. The first-order valence-electron chi connectivity index (χ1n) is 4.66. The minimum absolute atomic E-state index is 0.112. The van der Waals surface area contributed by atoms with Gasteiger partial charge in [-0.05, 0) is 0 Å². The predicted octanol–water partition coefficient (Wildman–Crippen LogP) is 0.518. The highest BCUT2D eigenvalue weighted by Crippen LogP contribution is 2.19. The molecule has 9 heteroatoms. The summed E-state index contributed by atoms with van der Waals surface area (Å²) in [7, 11) is 4.55. The second-order valence-corrected chi connectivity index (χ2v) is 3.66. The summed E-state index contributed by atoms with van der Waals surface area (Å²) in [5.74, 6) is -0.0206. The highest BCUT2D eigenvalue weighted by molar-refractivity contribution is 5.42. The Kier molecular flexibility index (Phi) is 3.59. The number of anilines is 3. The van der Waals surface area contributed by atoms with E-state index in [0.29, 0.717) is 0 Å². The van der Waals surface area contributed by atoms with Crippen LogP contribution in [0.25, 0.3) is 0 Å². The highest BCUT2D eigenvalue weighted by Gasteiger charge is 2.30. The monoisotopic (exact) mass is 250 g/mol. The minimum atomic E-state index is -4.32. The van der Waals surface area contributed by atoms with Gasteiger partial charge in [0.25, 0.3) is 0 Å². The van der Waals surface area contributed by atoms with Crippen molar-refractivity contribution in [1.29, 1.82) is 0 Å². The summed E-state index contributed by atoms with van der Waals surface area (Å²) in [6.45, 7) is -1.15. The van der Waals surface area contributed by atoms with Crippen molar-refractivity contribution >= 4 is 17.8 Å². The number of nitrogens with zero attached hydrogens (tertiary/aromatic N) is 5. The van der Waals surface area contributed by atoms with Gasteiger partial charge in [-0.2, -0.15) is 28.1 Å². The van der Waals surface area contributed by atoms with Crippen LogP contribution in [0.2, 0.25) is 0 Å². The second-order valence-electron chi connectivity index (χ2n) is 3.66. The van der Waals surface area contributed by atoms with Gasteiger partial charge in [0.05, 0.1) is 0 Å². The van der Waals surface area contributed by atoms with Crippen LogP contribution in [0.15, 0.2) is 0 Å². The zero-order chi connectivity index (χ0) is 13.2. The Bertz CT molecular complexity index is 391. The van der Waals surface area contributed by atoms with E-state index in [1.165, 1.54) is 11.9 Å². The molecular formula is C8H13F3N6.